The highest BCUT2D eigenvalue weighted by molar-refractivity contribution is 6.30. The van der Waals surface area contributed by atoms with Crippen molar-refractivity contribution in [3.63, 3.8) is 0 Å². The van der Waals surface area contributed by atoms with Crippen molar-refractivity contribution in [2.24, 2.45) is 5.92 Å². The summed E-state index contributed by atoms with van der Waals surface area (Å²) in [7, 11) is 0. The normalized spacial score (nSPS) is 19.6. The number of aromatic nitrogens is 3. The molecule has 1 aliphatic rings. The molecule has 2 N–H and O–H groups in total. The van der Waals surface area contributed by atoms with Gasteiger partial charge in [-0.25, -0.2) is 9.97 Å². The lowest BCUT2D eigenvalue weighted by Gasteiger charge is -2.36. The lowest BCUT2D eigenvalue weighted by molar-refractivity contribution is 0.0546. The minimum absolute atomic E-state index is 0.00423. The highest BCUT2D eigenvalue weighted by Crippen LogP contribution is 2.29. The number of anilines is 1. The van der Waals surface area contributed by atoms with E-state index in [2.05, 4.69) is 4.98 Å². The van der Waals surface area contributed by atoms with Crippen molar-refractivity contribution in [2.45, 2.75) is 12.5 Å². The molecule has 28 heavy (non-hydrogen) atoms. The third-order valence-corrected chi connectivity index (χ3v) is 5.30. The van der Waals surface area contributed by atoms with Crippen molar-refractivity contribution in [3.05, 3.63) is 59.9 Å². The zero-order valence-electron chi connectivity index (χ0n) is 15.2. The first kappa shape index (κ1) is 18.8. The Morgan fingerprint density at radius 3 is 2.61 bits per heavy atom. The number of β-amino-alcohol motifs (C(OH)–C–C–N with tert-alkyl or cyclic N) is 1. The summed E-state index contributed by atoms with van der Waals surface area (Å²) >= 11 is 6.03. The van der Waals surface area contributed by atoms with Crippen LogP contribution >= 0.6 is 11.6 Å². The topological polar surface area (TPSA) is 82.4 Å². The molecule has 7 heteroatoms. The number of halogens is 1. The van der Waals surface area contributed by atoms with Crippen LogP contribution in [0, 0.1) is 5.92 Å². The van der Waals surface area contributed by atoms with Crippen LogP contribution in [0.3, 0.4) is 0 Å². The fraction of sp³-hybridized carbons (Fsp3) is 0.286. The van der Waals surface area contributed by atoms with Gasteiger partial charge in [0.05, 0.1) is 11.8 Å². The summed E-state index contributed by atoms with van der Waals surface area (Å²) in [5.41, 5.74) is 2.54. The Hall–Kier alpha value is -2.54. The van der Waals surface area contributed by atoms with E-state index in [1.165, 1.54) is 0 Å². The van der Waals surface area contributed by atoms with E-state index in [-0.39, 0.29) is 12.5 Å². The molecule has 1 aromatic carbocycles. The van der Waals surface area contributed by atoms with Gasteiger partial charge < -0.3 is 15.1 Å². The van der Waals surface area contributed by atoms with Crippen molar-refractivity contribution in [1.29, 1.82) is 0 Å². The number of pyridine rings is 1. The molecular formula is C21H21ClN4O2. The predicted octanol–water partition coefficient (Wildman–Crippen LogP) is 3.04. The smallest absolute Gasteiger partial charge is 0.163 e. The molecule has 1 fully saturated rings. The largest absolute Gasteiger partial charge is 0.396 e. The van der Waals surface area contributed by atoms with E-state index >= 15 is 0 Å². The van der Waals surface area contributed by atoms with Crippen molar-refractivity contribution in [3.8, 4) is 22.6 Å². The number of piperidine rings is 1. The number of rotatable bonds is 4. The van der Waals surface area contributed by atoms with Crippen LogP contribution in [-0.4, -0.2) is 51.0 Å². The van der Waals surface area contributed by atoms with Gasteiger partial charge >= 0.3 is 0 Å². The third kappa shape index (κ3) is 3.99. The van der Waals surface area contributed by atoms with Crippen LogP contribution in [0.4, 0.5) is 5.82 Å². The van der Waals surface area contributed by atoms with Crippen LogP contribution in [0.25, 0.3) is 22.6 Å². The molecule has 3 heterocycles. The molecule has 0 aliphatic carbocycles. The second-order valence-corrected chi connectivity index (χ2v) is 7.36. The summed E-state index contributed by atoms with van der Waals surface area (Å²) in [4.78, 5) is 15.7. The molecule has 0 amide bonds. The lowest BCUT2D eigenvalue weighted by atomic mass is 9.95. The molecule has 2 atom stereocenters. The minimum atomic E-state index is -0.588. The van der Waals surface area contributed by atoms with Gasteiger partial charge in [-0.1, -0.05) is 23.7 Å². The van der Waals surface area contributed by atoms with Gasteiger partial charge in [0, 0.05) is 60.2 Å². The Labute approximate surface area is 168 Å². The quantitative estimate of drug-likeness (QED) is 0.705. The maximum atomic E-state index is 10.3. The standard InChI is InChI=1S/C21H21ClN4O2/c22-17-5-3-14(4-6-17)18-10-20(26-9-7-16(13-27)19(28)12-26)25-21(24-18)15-2-1-8-23-11-15/h1-6,8,10-11,16,19,27-28H,7,9,12-13H2/t16-,19+/m1/s1. The van der Waals surface area contributed by atoms with Crippen LogP contribution in [0.5, 0.6) is 0 Å². The first-order valence-corrected chi connectivity index (χ1v) is 9.61. The molecule has 2 aromatic heterocycles. The Morgan fingerprint density at radius 2 is 1.93 bits per heavy atom. The zero-order valence-corrected chi connectivity index (χ0v) is 16.0. The molecule has 0 spiro atoms. The summed E-state index contributed by atoms with van der Waals surface area (Å²) in [6.07, 6.45) is 3.57. The van der Waals surface area contributed by atoms with Crippen LogP contribution in [0.1, 0.15) is 6.42 Å². The molecule has 0 bridgehead atoms. The molecule has 0 unspecified atom stereocenters. The van der Waals surface area contributed by atoms with E-state index < -0.39 is 6.10 Å². The van der Waals surface area contributed by atoms with Crippen LogP contribution < -0.4 is 4.90 Å². The monoisotopic (exact) mass is 396 g/mol. The molecule has 1 aliphatic heterocycles. The SMILES string of the molecule is OC[C@H]1CCN(c2cc(-c3ccc(Cl)cc3)nc(-c3cccnc3)n2)C[C@@H]1O. The maximum Gasteiger partial charge on any atom is 0.163 e. The fourth-order valence-electron chi connectivity index (χ4n) is 3.39. The summed E-state index contributed by atoms with van der Waals surface area (Å²) in [5.74, 6) is 1.23. The van der Waals surface area contributed by atoms with Gasteiger partial charge in [0.25, 0.3) is 0 Å². The van der Waals surface area contributed by atoms with Gasteiger partial charge in [-0.15, -0.1) is 0 Å². The van der Waals surface area contributed by atoms with Gasteiger partial charge in [0.1, 0.15) is 5.82 Å². The van der Waals surface area contributed by atoms with Crippen molar-refractivity contribution in [2.75, 3.05) is 24.6 Å². The Balaban J connectivity index is 1.75. The maximum absolute atomic E-state index is 10.3. The molecule has 3 aromatic rings. The van der Waals surface area contributed by atoms with Gasteiger partial charge in [-0.2, -0.15) is 0 Å². The molecule has 1 saturated heterocycles. The summed E-state index contributed by atoms with van der Waals surface area (Å²) in [6, 6.07) is 13.2. The average Bonchev–Trinajstić information content (AvgIpc) is 2.74. The van der Waals surface area contributed by atoms with E-state index in [1.54, 1.807) is 12.4 Å². The second kappa shape index (κ2) is 8.22. The average molecular weight is 397 g/mol. The lowest BCUT2D eigenvalue weighted by Crippen LogP contribution is -2.45. The van der Waals surface area contributed by atoms with Gasteiger partial charge in [0.2, 0.25) is 0 Å². The van der Waals surface area contributed by atoms with Gasteiger partial charge in [-0.3, -0.25) is 4.98 Å². The Bertz CT molecular complexity index is 937. The molecule has 6 nitrogen and oxygen atoms in total. The molecule has 144 valence electrons. The first-order chi connectivity index (χ1) is 13.6. The summed E-state index contributed by atoms with van der Waals surface area (Å²) < 4.78 is 0. The number of aliphatic hydroxyl groups excluding tert-OH is 2. The van der Waals surface area contributed by atoms with E-state index in [9.17, 15) is 10.2 Å². The van der Waals surface area contributed by atoms with E-state index in [0.29, 0.717) is 30.4 Å². The fourth-order valence-corrected chi connectivity index (χ4v) is 3.52. The van der Waals surface area contributed by atoms with E-state index in [1.807, 2.05) is 47.4 Å². The molecular weight excluding hydrogens is 376 g/mol. The van der Waals surface area contributed by atoms with Crippen molar-refractivity contribution >= 4 is 17.4 Å². The number of hydrogen-bond acceptors (Lipinski definition) is 6. The predicted molar refractivity (Wildman–Crippen MR) is 109 cm³/mol. The highest BCUT2D eigenvalue weighted by atomic mass is 35.5. The van der Waals surface area contributed by atoms with Crippen molar-refractivity contribution in [1.82, 2.24) is 15.0 Å². The summed E-state index contributed by atoms with van der Waals surface area (Å²) in [6.45, 7) is 1.14. The Morgan fingerprint density at radius 1 is 1.11 bits per heavy atom. The van der Waals surface area contributed by atoms with Crippen LogP contribution in [0.15, 0.2) is 54.9 Å². The molecule has 0 radical (unpaired) electrons. The minimum Gasteiger partial charge on any atom is -0.396 e. The molecule has 4 rings (SSSR count). The molecule has 0 saturated carbocycles. The van der Waals surface area contributed by atoms with Crippen molar-refractivity contribution < 1.29 is 10.2 Å². The van der Waals surface area contributed by atoms with E-state index in [0.717, 1.165) is 22.6 Å². The van der Waals surface area contributed by atoms with E-state index in [4.69, 9.17) is 21.6 Å². The van der Waals surface area contributed by atoms with Crippen LogP contribution in [-0.2, 0) is 0 Å². The number of aliphatic hydroxyl groups is 2. The number of benzene rings is 1. The highest BCUT2D eigenvalue weighted by Gasteiger charge is 2.28. The van der Waals surface area contributed by atoms with Gasteiger partial charge in [0.15, 0.2) is 5.82 Å². The summed E-state index contributed by atoms with van der Waals surface area (Å²) in [5, 5.41) is 20.4. The second-order valence-electron chi connectivity index (χ2n) is 6.93. The number of hydrogen-bond donors (Lipinski definition) is 2. The number of nitrogens with zero attached hydrogens (tertiary/aromatic N) is 4. The Kier molecular flexibility index (Phi) is 5.52. The van der Waals surface area contributed by atoms with Crippen LogP contribution in [0.2, 0.25) is 5.02 Å². The third-order valence-electron chi connectivity index (χ3n) is 5.05. The first-order valence-electron chi connectivity index (χ1n) is 9.23. The van der Waals surface area contributed by atoms with Gasteiger partial charge in [-0.05, 0) is 30.7 Å². The zero-order chi connectivity index (χ0) is 19.5.